The minimum Gasteiger partial charge on any atom is -0.745 e. The van der Waals surface area contributed by atoms with Crippen molar-refractivity contribution in [2.75, 3.05) is 7.11 Å². The van der Waals surface area contributed by atoms with Gasteiger partial charge in [0.25, 0.3) is 0 Å². The molecule has 0 bridgehead atoms. The van der Waals surface area contributed by atoms with Gasteiger partial charge in [0.1, 0.15) is 10.1 Å². The van der Waals surface area contributed by atoms with Crippen molar-refractivity contribution in [3.05, 3.63) is 0 Å². The molecule has 9 heteroatoms. The molecule has 0 N–H and O–H groups in total. The molecule has 4 unspecified atom stereocenters. The number of ether oxygens (including phenoxy) is 2. The van der Waals surface area contributed by atoms with Crippen LogP contribution in [0.5, 0.6) is 0 Å². The van der Waals surface area contributed by atoms with E-state index in [4.69, 9.17) is 9.47 Å². The van der Waals surface area contributed by atoms with E-state index in [0.29, 0.717) is 19.3 Å². The second-order valence-electron chi connectivity index (χ2n) is 8.72. The number of hydrogen-bond acceptors (Lipinski definition) is 7. The molecule has 0 aliphatic rings. The minimum atomic E-state index is -4.83. The molecule has 0 heterocycles. The van der Waals surface area contributed by atoms with E-state index in [1.807, 2.05) is 6.92 Å². The molecule has 0 spiro atoms. The zero-order chi connectivity index (χ0) is 24.6. The van der Waals surface area contributed by atoms with Gasteiger partial charge >= 0.3 is 41.5 Å². The molecule has 0 aromatic heterocycles. The summed E-state index contributed by atoms with van der Waals surface area (Å²) in [5.74, 6) is -2.66. The molecular weight excluding hydrogens is 455 g/mol. The molecule has 0 radical (unpaired) electrons. The third-order valence-corrected chi connectivity index (χ3v) is 7.33. The standard InChI is InChI=1S/C24H46O7S.Na/c1-6-10-12-14-16-19(8-3)21(23(26)30-5)18-22(25)31-24(32(27,28)29)20(9-4)17-15-13-11-7-2;/h19-21,24H,6-18H2,1-5H3,(H,27,28,29);/q;+1/p-1. The van der Waals surface area contributed by atoms with Crippen LogP contribution in [0, 0.1) is 17.8 Å². The van der Waals surface area contributed by atoms with Crippen LogP contribution in [0.15, 0.2) is 0 Å². The van der Waals surface area contributed by atoms with Gasteiger partial charge in [-0.15, -0.1) is 0 Å². The van der Waals surface area contributed by atoms with Crippen molar-refractivity contribution >= 4 is 22.1 Å². The van der Waals surface area contributed by atoms with Crippen LogP contribution in [0.1, 0.15) is 111 Å². The van der Waals surface area contributed by atoms with Gasteiger partial charge in [0.15, 0.2) is 5.44 Å². The van der Waals surface area contributed by atoms with Crippen LogP contribution < -0.4 is 29.6 Å². The Morgan fingerprint density at radius 3 is 1.70 bits per heavy atom. The number of hydrogen-bond donors (Lipinski definition) is 0. The molecule has 0 aromatic carbocycles. The van der Waals surface area contributed by atoms with Crippen LogP contribution >= 0.6 is 0 Å². The smallest absolute Gasteiger partial charge is 0.745 e. The van der Waals surface area contributed by atoms with E-state index in [-0.39, 0.29) is 41.9 Å². The Kier molecular flexibility index (Phi) is 21.3. The van der Waals surface area contributed by atoms with Crippen LogP contribution in [0.3, 0.4) is 0 Å². The fourth-order valence-electron chi connectivity index (χ4n) is 4.23. The fraction of sp³-hybridized carbons (Fsp3) is 0.917. The predicted molar refractivity (Wildman–Crippen MR) is 125 cm³/mol. The van der Waals surface area contributed by atoms with Gasteiger partial charge in [-0.2, -0.15) is 0 Å². The number of esters is 2. The van der Waals surface area contributed by atoms with E-state index in [2.05, 4.69) is 13.8 Å². The van der Waals surface area contributed by atoms with Crippen LogP contribution in [-0.2, 0) is 29.2 Å². The van der Waals surface area contributed by atoms with Crippen LogP contribution in [-0.4, -0.2) is 37.5 Å². The van der Waals surface area contributed by atoms with E-state index in [1.54, 1.807) is 6.92 Å². The number of rotatable bonds is 19. The Morgan fingerprint density at radius 2 is 1.30 bits per heavy atom. The van der Waals surface area contributed by atoms with Gasteiger partial charge in [0.05, 0.1) is 19.4 Å². The maximum Gasteiger partial charge on any atom is 1.00 e. The SMILES string of the molecule is CCCCCCC(CC)C(CC(=O)OC(C(CC)CCCCCC)S(=O)(=O)[O-])C(=O)OC.[Na+]. The summed E-state index contributed by atoms with van der Waals surface area (Å²) in [6.07, 6.45) is 10.1. The maximum atomic E-state index is 12.7. The summed E-state index contributed by atoms with van der Waals surface area (Å²) < 4.78 is 45.9. The molecule has 190 valence electrons. The predicted octanol–water partition coefficient (Wildman–Crippen LogP) is 2.58. The average Bonchev–Trinajstić information content (AvgIpc) is 2.75. The maximum absolute atomic E-state index is 12.7. The van der Waals surface area contributed by atoms with E-state index < -0.39 is 39.3 Å². The van der Waals surface area contributed by atoms with Gasteiger partial charge in [-0.3, -0.25) is 9.59 Å². The Bertz CT molecular complexity index is 624. The van der Waals surface area contributed by atoms with Gasteiger partial charge in [-0.1, -0.05) is 85.5 Å². The van der Waals surface area contributed by atoms with Crippen molar-refractivity contribution in [2.24, 2.45) is 17.8 Å². The zero-order valence-electron chi connectivity index (χ0n) is 21.8. The Balaban J connectivity index is 0. The van der Waals surface area contributed by atoms with Gasteiger partial charge in [0, 0.05) is 5.92 Å². The van der Waals surface area contributed by atoms with Crippen molar-refractivity contribution < 1.29 is 61.6 Å². The quantitative estimate of drug-likeness (QED) is 0.116. The second-order valence-corrected chi connectivity index (χ2v) is 10.2. The summed E-state index contributed by atoms with van der Waals surface area (Å²) in [6, 6.07) is 0. The summed E-state index contributed by atoms with van der Waals surface area (Å²) in [6.45, 7) is 7.95. The summed E-state index contributed by atoms with van der Waals surface area (Å²) in [4.78, 5) is 25.1. The molecule has 0 aliphatic heterocycles. The topological polar surface area (TPSA) is 110 Å². The monoisotopic (exact) mass is 500 g/mol. The molecule has 33 heavy (non-hydrogen) atoms. The molecule has 7 nitrogen and oxygen atoms in total. The van der Waals surface area contributed by atoms with Gasteiger partial charge in [-0.25, -0.2) is 8.42 Å². The van der Waals surface area contributed by atoms with E-state index in [1.165, 1.54) is 7.11 Å². The zero-order valence-corrected chi connectivity index (χ0v) is 24.6. The molecule has 0 rings (SSSR count). The first-order valence-corrected chi connectivity index (χ1v) is 13.8. The summed E-state index contributed by atoms with van der Waals surface area (Å²) in [5, 5.41) is 0. The van der Waals surface area contributed by atoms with Crippen molar-refractivity contribution in [1.29, 1.82) is 0 Å². The molecular formula is C24H45NaO7S. The van der Waals surface area contributed by atoms with Crippen molar-refractivity contribution in [3.63, 3.8) is 0 Å². The van der Waals surface area contributed by atoms with Crippen molar-refractivity contribution in [2.45, 2.75) is 117 Å². The van der Waals surface area contributed by atoms with Gasteiger partial charge in [0.2, 0.25) is 0 Å². The van der Waals surface area contributed by atoms with E-state index in [9.17, 15) is 22.6 Å². The van der Waals surface area contributed by atoms with Crippen LogP contribution in [0.2, 0.25) is 0 Å². The molecule has 0 aliphatic carbocycles. The average molecular weight is 501 g/mol. The van der Waals surface area contributed by atoms with E-state index in [0.717, 1.165) is 57.8 Å². The second kappa shape index (κ2) is 20.1. The molecule has 0 saturated heterocycles. The number of carbonyl (C=O) groups is 2. The molecule has 0 amide bonds. The largest absolute Gasteiger partial charge is 1.00 e. The number of methoxy groups -OCH3 is 1. The first-order chi connectivity index (χ1) is 15.2. The molecule has 0 saturated carbocycles. The first kappa shape index (κ1) is 35.0. The normalized spacial score (nSPS) is 15.1. The van der Waals surface area contributed by atoms with Crippen molar-refractivity contribution in [1.82, 2.24) is 0 Å². The summed E-state index contributed by atoms with van der Waals surface area (Å²) in [5.41, 5.74) is -1.72. The number of carbonyl (C=O) groups excluding carboxylic acids is 2. The van der Waals surface area contributed by atoms with Crippen LogP contribution in [0.4, 0.5) is 0 Å². The third kappa shape index (κ3) is 14.8. The van der Waals surface area contributed by atoms with Crippen LogP contribution in [0.25, 0.3) is 0 Å². The Morgan fingerprint density at radius 1 is 0.818 bits per heavy atom. The summed E-state index contributed by atoms with van der Waals surface area (Å²) >= 11 is 0. The fourth-order valence-corrected chi connectivity index (χ4v) is 5.26. The molecule has 0 fully saturated rings. The minimum absolute atomic E-state index is 0. The number of unbranched alkanes of at least 4 members (excludes halogenated alkanes) is 6. The molecule has 0 aromatic rings. The van der Waals surface area contributed by atoms with Gasteiger partial charge in [-0.05, 0) is 25.2 Å². The summed E-state index contributed by atoms with van der Waals surface area (Å²) in [7, 11) is -3.55. The molecule has 4 atom stereocenters. The van der Waals surface area contributed by atoms with Gasteiger partial charge < -0.3 is 14.0 Å². The van der Waals surface area contributed by atoms with Crippen molar-refractivity contribution in [3.8, 4) is 0 Å². The van der Waals surface area contributed by atoms with E-state index >= 15 is 0 Å². The third-order valence-electron chi connectivity index (χ3n) is 6.28. The Labute approximate surface area is 224 Å². The Hall–Kier alpha value is -0.150. The first-order valence-electron chi connectivity index (χ1n) is 12.4.